The maximum atomic E-state index is 6.33. The molecule has 1 aliphatic rings. The van der Waals surface area contributed by atoms with Crippen LogP contribution in [0.25, 0.3) is 0 Å². The molecule has 1 aliphatic heterocycles. The predicted molar refractivity (Wildman–Crippen MR) is 65.4 cm³/mol. The smallest absolute Gasteiger partial charge is 0.232 e. The highest BCUT2D eigenvalue weighted by molar-refractivity contribution is 7.99. The van der Waals surface area contributed by atoms with Crippen LogP contribution in [0.5, 0.6) is 0 Å². The molecule has 0 amide bonds. The summed E-state index contributed by atoms with van der Waals surface area (Å²) in [5.74, 6) is 3.41. The second-order valence-corrected chi connectivity index (χ2v) is 6.59. The van der Waals surface area contributed by atoms with Crippen LogP contribution in [0, 0.1) is 0 Å². The summed E-state index contributed by atoms with van der Waals surface area (Å²) in [7, 11) is 0. The van der Waals surface area contributed by atoms with Gasteiger partial charge in [-0.25, -0.2) is 0 Å². The van der Waals surface area contributed by atoms with Gasteiger partial charge >= 0.3 is 0 Å². The van der Waals surface area contributed by atoms with Crippen molar-refractivity contribution in [3.05, 3.63) is 11.7 Å². The molecule has 1 atom stereocenters. The van der Waals surface area contributed by atoms with E-state index in [1.54, 1.807) is 0 Å². The van der Waals surface area contributed by atoms with E-state index in [1.807, 2.05) is 11.8 Å². The molecule has 4 nitrogen and oxygen atoms in total. The van der Waals surface area contributed by atoms with E-state index in [4.69, 9.17) is 10.3 Å². The number of hydrogen-bond acceptors (Lipinski definition) is 5. The third-order valence-corrected chi connectivity index (χ3v) is 4.08. The third-order valence-electron chi connectivity index (χ3n) is 2.78. The maximum Gasteiger partial charge on any atom is 0.232 e. The summed E-state index contributed by atoms with van der Waals surface area (Å²) in [6, 6.07) is 0. The first-order valence-electron chi connectivity index (χ1n) is 5.63. The Labute approximate surface area is 100 Å². The average molecular weight is 241 g/mol. The van der Waals surface area contributed by atoms with Gasteiger partial charge in [-0.05, 0) is 18.6 Å². The fourth-order valence-electron chi connectivity index (χ4n) is 1.72. The highest BCUT2D eigenvalue weighted by atomic mass is 32.2. The van der Waals surface area contributed by atoms with Gasteiger partial charge in [0.25, 0.3) is 0 Å². The largest absolute Gasteiger partial charge is 0.339 e. The summed E-state index contributed by atoms with van der Waals surface area (Å²) < 4.78 is 5.30. The highest BCUT2D eigenvalue weighted by Crippen LogP contribution is 2.32. The number of thioether (sulfide) groups is 1. The fourth-order valence-corrected chi connectivity index (χ4v) is 2.85. The van der Waals surface area contributed by atoms with Crippen molar-refractivity contribution in [1.29, 1.82) is 0 Å². The molecule has 0 bridgehead atoms. The minimum atomic E-state index is -0.393. The summed E-state index contributed by atoms with van der Waals surface area (Å²) >= 11 is 1.87. The zero-order chi connectivity index (χ0) is 11.8. The van der Waals surface area contributed by atoms with Gasteiger partial charge in [-0.3, -0.25) is 0 Å². The van der Waals surface area contributed by atoms with Gasteiger partial charge in [0.05, 0.1) is 5.54 Å². The Balaban J connectivity index is 2.24. The van der Waals surface area contributed by atoms with E-state index in [2.05, 4.69) is 30.9 Å². The second-order valence-electron chi connectivity index (χ2n) is 5.49. The summed E-state index contributed by atoms with van der Waals surface area (Å²) in [4.78, 5) is 4.46. The zero-order valence-electron chi connectivity index (χ0n) is 10.1. The molecule has 90 valence electrons. The number of nitrogens with two attached hydrogens (primary N) is 1. The van der Waals surface area contributed by atoms with E-state index in [9.17, 15) is 0 Å². The molecular formula is C11H19N3OS. The molecule has 0 aromatic carbocycles. The third kappa shape index (κ3) is 2.25. The van der Waals surface area contributed by atoms with E-state index < -0.39 is 5.54 Å². The van der Waals surface area contributed by atoms with Crippen molar-refractivity contribution < 1.29 is 4.52 Å². The van der Waals surface area contributed by atoms with Gasteiger partial charge < -0.3 is 10.3 Å². The van der Waals surface area contributed by atoms with Gasteiger partial charge in [0.1, 0.15) is 0 Å². The van der Waals surface area contributed by atoms with Crippen molar-refractivity contribution in [1.82, 2.24) is 10.1 Å². The molecule has 16 heavy (non-hydrogen) atoms. The quantitative estimate of drug-likeness (QED) is 0.815. The standard InChI is InChI=1S/C11H19N3OS/c1-10(2,3)9-13-8(14-15-9)11(12)5-4-6-16-7-11/h4-7,12H2,1-3H3. The molecule has 1 aromatic heterocycles. The molecular weight excluding hydrogens is 222 g/mol. The first-order valence-corrected chi connectivity index (χ1v) is 6.79. The van der Waals surface area contributed by atoms with Crippen LogP contribution in [0.4, 0.5) is 0 Å². The Bertz CT molecular complexity index is 364. The van der Waals surface area contributed by atoms with Crippen molar-refractivity contribution in [3.8, 4) is 0 Å². The maximum absolute atomic E-state index is 6.33. The van der Waals surface area contributed by atoms with E-state index in [0.717, 1.165) is 18.6 Å². The van der Waals surface area contributed by atoms with Crippen LogP contribution in [-0.2, 0) is 11.0 Å². The topological polar surface area (TPSA) is 64.9 Å². The average Bonchev–Trinajstić information content (AvgIpc) is 2.67. The van der Waals surface area contributed by atoms with Gasteiger partial charge in [0.15, 0.2) is 5.82 Å². The monoisotopic (exact) mass is 241 g/mol. The first-order chi connectivity index (χ1) is 7.42. The molecule has 0 spiro atoms. The van der Waals surface area contributed by atoms with Crippen LogP contribution >= 0.6 is 11.8 Å². The van der Waals surface area contributed by atoms with Gasteiger partial charge in [0.2, 0.25) is 5.89 Å². The molecule has 1 aromatic rings. The summed E-state index contributed by atoms with van der Waals surface area (Å²) in [6.07, 6.45) is 2.07. The van der Waals surface area contributed by atoms with Crippen LogP contribution in [-0.4, -0.2) is 21.6 Å². The van der Waals surface area contributed by atoms with Crippen molar-refractivity contribution in [2.45, 2.75) is 44.6 Å². The lowest BCUT2D eigenvalue weighted by Crippen LogP contribution is -2.42. The molecule has 5 heteroatoms. The SMILES string of the molecule is CC(C)(C)c1nc(C2(N)CCCSC2)no1. The normalized spacial score (nSPS) is 27.0. The van der Waals surface area contributed by atoms with Gasteiger partial charge in [-0.2, -0.15) is 16.7 Å². The van der Waals surface area contributed by atoms with Crippen LogP contribution < -0.4 is 5.73 Å². The molecule has 0 radical (unpaired) electrons. The predicted octanol–water partition coefficient (Wildman–Crippen LogP) is 2.05. The Hall–Kier alpha value is -0.550. The van der Waals surface area contributed by atoms with E-state index in [0.29, 0.717) is 11.7 Å². The van der Waals surface area contributed by atoms with Crippen molar-refractivity contribution in [2.24, 2.45) is 5.73 Å². The van der Waals surface area contributed by atoms with Crippen molar-refractivity contribution in [2.75, 3.05) is 11.5 Å². The Morgan fingerprint density at radius 2 is 2.19 bits per heavy atom. The van der Waals surface area contributed by atoms with Crippen LogP contribution in [0.3, 0.4) is 0 Å². The minimum absolute atomic E-state index is 0.108. The molecule has 1 unspecified atom stereocenters. The second kappa shape index (κ2) is 4.04. The molecule has 1 saturated heterocycles. The lowest BCUT2D eigenvalue weighted by molar-refractivity contribution is 0.309. The molecule has 0 aliphatic carbocycles. The minimum Gasteiger partial charge on any atom is -0.339 e. The summed E-state index contributed by atoms with van der Waals surface area (Å²) in [6.45, 7) is 6.18. The number of hydrogen-bond donors (Lipinski definition) is 1. The fraction of sp³-hybridized carbons (Fsp3) is 0.818. The van der Waals surface area contributed by atoms with Crippen molar-refractivity contribution >= 4 is 11.8 Å². The van der Waals surface area contributed by atoms with Gasteiger partial charge in [-0.15, -0.1) is 0 Å². The lowest BCUT2D eigenvalue weighted by atomic mass is 9.94. The van der Waals surface area contributed by atoms with Crippen LogP contribution in [0.2, 0.25) is 0 Å². The molecule has 2 heterocycles. The highest BCUT2D eigenvalue weighted by Gasteiger charge is 2.36. The molecule has 2 rings (SSSR count). The molecule has 0 saturated carbocycles. The first kappa shape index (κ1) is 11.9. The molecule has 2 N–H and O–H groups in total. The van der Waals surface area contributed by atoms with Crippen LogP contribution in [0.1, 0.15) is 45.3 Å². The number of aromatic nitrogens is 2. The summed E-state index contributed by atoms with van der Waals surface area (Å²) in [5, 5.41) is 4.05. The number of nitrogens with zero attached hydrogens (tertiary/aromatic N) is 2. The van der Waals surface area contributed by atoms with E-state index in [-0.39, 0.29) is 5.41 Å². The Morgan fingerprint density at radius 1 is 1.44 bits per heavy atom. The van der Waals surface area contributed by atoms with Gasteiger partial charge in [0, 0.05) is 11.2 Å². The Kier molecular flexibility index (Phi) is 3.01. The Morgan fingerprint density at radius 3 is 2.69 bits per heavy atom. The van der Waals surface area contributed by atoms with Gasteiger partial charge in [-0.1, -0.05) is 25.9 Å². The summed E-state index contributed by atoms with van der Waals surface area (Å²) in [5.41, 5.74) is 5.83. The van der Waals surface area contributed by atoms with E-state index in [1.165, 1.54) is 5.75 Å². The van der Waals surface area contributed by atoms with Crippen molar-refractivity contribution in [3.63, 3.8) is 0 Å². The zero-order valence-corrected chi connectivity index (χ0v) is 10.9. The van der Waals surface area contributed by atoms with E-state index >= 15 is 0 Å². The van der Waals surface area contributed by atoms with Crippen LogP contribution in [0.15, 0.2) is 4.52 Å². The number of rotatable bonds is 1. The lowest BCUT2D eigenvalue weighted by Gasteiger charge is -2.29. The molecule has 1 fully saturated rings.